The first kappa shape index (κ1) is 8.81. The summed E-state index contributed by atoms with van der Waals surface area (Å²) < 4.78 is 6.31. The third kappa shape index (κ3) is 1.63. The van der Waals surface area contributed by atoms with E-state index < -0.39 is 0 Å². The second kappa shape index (κ2) is 2.61. The fraction of sp³-hybridized carbons (Fsp3) is 0.889. The van der Waals surface area contributed by atoms with Crippen molar-refractivity contribution in [1.29, 1.82) is 0 Å². The van der Waals surface area contributed by atoms with Gasteiger partial charge in [0.1, 0.15) is 6.54 Å². The molecule has 4 nitrogen and oxygen atoms in total. The van der Waals surface area contributed by atoms with Gasteiger partial charge in [0.25, 0.3) is 0 Å². The molecule has 2 aliphatic heterocycles. The molecule has 0 aliphatic carbocycles. The number of hydrogen-bond donors (Lipinski definition) is 1. The van der Waals surface area contributed by atoms with Crippen LogP contribution < -0.4 is 5.32 Å². The molecular weight excluding hydrogens is 168 g/mol. The molecule has 1 spiro atoms. The number of hydrogen-bond acceptors (Lipinski definition) is 2. The van der Waals surface area contributed by atoms with Crippen LogP contribution in [0, 0.1) is 0 Å². The Bertz CT molecular complexity index is 240. The molecule has 1 amide bonds. The molecule has 0 radical (unpaired) electrons. The minimum absolute atomic E-state index is 0.209. The van der Waals surface area contributed by atoms with Crippen molar-refractivity contribution < 1.29 is 14.0 Å². The quantitative estimate of drug-likeness (QED) is 0.552. The average Bonchev–Trinajstić information content (AvgIpc) is 2.29. The minimum Gasteiger partial charge on any atom is -0.435 e. The second-order valence-electron chi connectivity index (χ2n) is 4.85. The standard InChI is InChI=1S/C9H16N2O2/c1-11(2)5-3-4-9(7-11)6-10-8(12)13-9/h3-7H2,1-2H3/p+1. The van der Waals surface area contributed by atoms with Crippen LogP contribution in [0.4, 0.5) is 4.79 Å². The van der Waals surface area contributed by atoms with Crippen LogP contribution in [0.25, 0.3) is 0 Å². The van der Waals surface area contributed by atoms with Gasteiger partial charge >= 0.3 is 6.09 Å². The summed E-state index contributed by atoms with van der Waals surface area (Å²) in [4.78, 5) is 11.0. The molecule has 4 heteroatoms. The van der Waals surface area contributed by atoms with E-state index in [-0.39, 0.29) is 11.7 Å². The number of likely N-dealkylation sites (tertiary alicyclic amines) is 1. The van der Waals surface area contributed by atoms with Gasteiger partial charge in [0.2, 0.25) is 0 Å². The summed E-state index contributed by atoms with van der Waals surface area (Å²) in [7, 11) is 4.38. The first-order valence-corrected chi connectivity index (χ1v) is 4.80. The van der Waals surface area contributed by atoms with E-state index in [2.05, 4.69) is 19.4 Å². The minimum atomic E-state index is -0.248. The van der Waals surface area contributed by atoms with Crippen molar-refractivity contribution in [3.8, 4) is 0 Å². The predicted octanol–water partition coefficient (Wildman–Crippen LogP) is 0.335. The lowest BCUT2D eigenvalue weighted by Gasteiger charge is -2.42. The Labute approximate surface area is 78.4 Å². The number of rotatable bonds is 0. The molecule has 2 fully saturated rings. The van der Waals surface area contributed by atoms with Crippen molar-refractivity contribution in [2.45, 2.75) is 18.4 Å². The van der Waals surface area contributed by atoms with Crippen LogP contribution in [-0.4, -0.2) is 49.9 Å². The molecule has 0 aromatic carbocycles. The van der Waals surface area contributed by atoms with Gasteiger partial charge in [0, 0.05) is 6.42 Å². The van der Waals surface area contributed by atoms with Crippen molar-refractivity contribution in [2.24, 2.45) is 0 Å². The lowest BCUT2D eigenvalue weighted by Crippen LogP contribution is -2.57. The van der Waals surface area contributed by atoms with Gasteiger partial charge in [-0.1, -0.05) is 0 Å². The van der Waals surface area contributed by atoms with Crippen molar-refractivity contribution in [3.63, 3.8) is 0 Å². The number of likely N-dealkylation sites (N-methyl/N-ethyl adjacent to an activating group) is 1. The van der Waals surface area contributed by atoms with E-state index in [1.807, 2.05) is 0 Å². The lowest BCUT2D eigenvalue weighted by molar-refractivity contribution is -0.901. The highest BCUT2D eigenvalue weighted by molar-refractivity contribution is 5.70. The van der Waals surface area contributed by atoms with E-state index >= 15 is 0 Å². The monoisotopic (exact) mass is 185 g/mol. The molecule has 74 valence electrons. The molecule has 13 heavy (non-hydrogen) atoms. The van der Waals surface area contributed by atoms with Crippen LogP contribution in [-0.2, 0) is 4.74 Å². The second-order valence-corrected chi connectivity index (χ2v) is 4.85. The highest BCUT2D eigenvalue weighted by Crippen LogP contribution is 2.29. The Balaban J connectivity index is 2.11. The summed E-state index contributed by atoms with van der Waals surface area (Å²) >= 11 is 0. The van der Waals surface area contributed by atoms with E-state index in [1.54, 1.807) is 0 Å². The zero-order valence-electron chi connectivity index (χ0n) is 8.30. The average molecular weight is 185 g/mol. The van der Waals surface area contributed by atoms with Crippen LogP contribution in [0.3, 0.4) is 0 Å². The number of carbonyl (C=O) groups is 1. The Morgan fingerprint density at radius 1 is 1.54 bits per heavy atom. The topological polar surface area (TPSA) is 38.3 Å². The summed E-state index contributed by atoms with van der Waals surface area (Å²) in [5.74, 6) is 0. The molecular formula is C9H17N2O2+. The summed E-state index contributed by atoms with van der Waals surface area (Å²) in [6.45, 7) is 2.80. The fourth-order valence-electron chi connectivity index (χ4n) is 2.50. The Morgan fingerprint density at radius 3 is 2.85 bits per heavy atom. The summed E-state index contributed by atoms with van der Waals surface area (Å²) in [6.07, 6.45) is 1.90. The largest absolute Gasteiger partial charge is 0.435 e. The zero-order valence-corrected chi connectivity index (χ0v) is 8.30. The normalized spacial score (nSPS) is 37.2. The Hall–Kier alpha value is -0.770. The molecule has 0 saturated carbocycles. The maximum atomic E-state index is 11.0. The third-order valence-corrected chi connectivity index (χ3v) is 2.98. The van der Waals surface area contributed by atoms with Crippen LogP contribution in [0.15, 0.2) is 0 Å². The maximum Gasteiger partial charge on any atom is 0.408 e. The van der Waals surface area contributed by atoms with Crippen molar-refractivity contribution >= 4 is 6.09 Å². The van der Waals surface area contributed by atoms with E-state index in [4.69, 9.17) is 4.74 Å². The SMILES string of the molecule is C[N+]1(C)CCCC2(CNC(=O)O2)C1. The van der Waals surface area contributed by atoms with Gasteiger partial charge in [-0.15, -0.1) is 0 Å². The van der Waals surface area contributed by atoms with E-state index in [0.29, 0.717) is 6.54 Å². The van der Waals surface area contributed by atoms with E-state index in [1.165, 1.54) is 6.54 Å². The Kier molecular flexibility index (Phi) is 1.77. The smallest absolute Gasteiger partial charge is 0.408 e. The number of carbonyl (C=O) groups excluding carboxylic acids is 1. The van der Waals surface area contributed by atoms with Gasteiger partial charge in [-0.25, -0.2) is 4.79 Å². The fourth-order valence-corrected chi connectivity index (χ4v) is 2.50. The summed E-state index contributed by atoms with van der Waals surface area (Å²) in [5.41, 5.74) is -0.209. The van der Waals surface area contributed by atoms with E-state index in [9.17, 15) is 4.79 Å². The number of ether oxygens (including phenoxy) is 1. The van der Waals surface area contributed by atoms with Crippen LogP contribution in [0.5, 0.6) is 0 Å². The molecule has 0 bridgehead atoms. The van der Waals surface area contributed by atoms with Gasteiger partial charge in [-0.2, -0.15) is 0 Å². The van der Waals surface area contributed by atoms with Gasteiger partial charge in [0.05, 0.1) is 27.2 Å². The first-order chi connectivity index (χ1) is 6.02. The summed E-state index contributed by atoms with van der Waals surface area (Å²) in [6, 6.07) is 0. The molecule has 2 heterocycles. The number of amides is 1. The first-order valence-electron chi connectivity index (χ1n) is 4.80. The van der Waals surface area contributed by atoms with Gasteiger partial charge in [-0.05, 0) is 6.42 Å². The highest BCUT2D eigenvalue weighted by Gasteiger charge is 2.47. The lowest BCUT2D eigenvalue weighted by atomic mass is 9.92. The third-order valence-electron chi connectivity index (χ3n) is 2.98. The molecule has 2 saturated heterocycles. The molecule has 1 atom stereocenters. The van der Waals surface area contributed by atoms with E-state index in [0.717, 1.165) is 23.9 Å². The van der Waals surface area contributed by atoms with Crippen molar-refractivity contribution in [2.75, 3.05) is 33.7 Å². The number of quaternary nitrogens is 1. The molecule has 1 N–H and O–H groups in total. The molecule has 1 unspecified atom stereocenters. The predicted molar refractivity (Wildman–Crippen MR) is 48.3 cm³/mol. The van der Waals surface area contributed by atoms with Crippen molar-refractivity contribution in [1.82, 2.24) is 5.32 Å². The number of nitrogens with zero attached hydrogens (tertiary/aromatic N) is 1. The maximum absolute atomic E-state index is 11.0. The van der Waals surface area contributed by atoms with Crippen LogP contribution >= 0.6 is 0 Å². The van der Waals surface area contributed by atoms with Gasteiger partial charge in [0.15, 0.2) is 5.60 Å². The molecule has 0 aromatic rings. The molecule has 2 aliphatic rings. The molecule has 0 aromatic heterocycles. The highest BCUT2D eigenvalue weighted by atomic mass is 16.6. The van der Waals surface area contributed by atoms with Gasteiger partial charge in [-0.3, -0.25) is 0 Å². The zero-order chi connectivity index (χ0) is 9.53. The molecule has 2 rings (SSSR count). The Morgan fingerprint density at radius 2 is 2.31 bits per heavy atom. The van der Waals surface area contributed by atoms with Gasteiger partial charge < -0.3 is 14.5 Å². The van der Waals surface area contributed by atoms with Crippen LogP contribution in [0.1, 0.15) is 12.8 Å². The number of alkyl carbamates (subject to hydrolysis) is 1. The number of piperidine rings is 1. The summed E-state index contributed by atoms with van der Waals surface area (Å²) in [5, 5.41) is 2.75. The van der Waals surface area contributed by atoms with Crippen LogP contribution in [0.2, 0.25) is 0 Å². The van der Waals surface area contributed by atoms with Crippen molar-refractivity contribution in [3.05, 3.63) is 0 Å². The number of nitrogens with one attached hydrogen (secondary N) is 1.